The standard InChI is InChI=1S/C9H8BrClN2/c1-2-5-7-6(11)3-4-12-9(7)13-8(5)10/h3-4H,2H2,1H3,(H,12,13). The number of aryl methyl sites for hydroxylation is 1. The smallest absolute Gasteiger partial charge is 0.139 e. The fourth-order valence-corrected chi connectivity index (χ4v) is 2.37. The highest BCUT2D eigenvalue weighted by molar-refractivity contribution is 9.10. The minimum atomic E-state index is 0.754. The molecular formula is C9H8BrClN2. The summed E-state index contributed by atoms with van der Waals surface area (Å²) < 4.78 is 0.977. The van der Waals surface area contributed by atoms with Crippen LogP contribution < -0.4 is 0 Å². The summed E-state index contributed by atoms with van der Waals surface area (Å²) in [5.74, 6) is 0. The van der Waals surface area contributed by atoms with E-state index in [1.807, 2.05) is 6.07 Å². The van der Waals surface area contributed by atoms with E-state index in [4.69, 9.17) is 11.6 Å². The molecule has 2 heterocycles. The van der Waals surface area contributed by atoms with Crippen LogP contribution >= 0.6 is 27.5 Å². The lowest BCUT2D eigenvalue weighted by atomic mass is 10.2. The molecule has 0 aromatic carbocycles. The number of halogens is 2. The molecule has 0 atom stereocenters. The van der Waals surface area contributed by atoms with Crippen LogP contribution in [0.25, 0.3) is 11.0 Å². The molecule has 0 bridgehead atoms. The van der Waals surface area contributed by atoms with E-state index in [0.717, 1.165) is 27.1 Å². The van der Waals surface area contributed by atoms with Crippen LogP contribution in [0.15, 0.2) is 16.9 Å². The van der Waals surface area contributed by atoms with E-state index in [-0.39, 0.29) is 0 Å². The van der Waals surface area contributed by atoms with Crippen molar-refractivity contribution in [1.82, 2.24) is 9.97 Å². The molecule has 0 saturated carbocycles. The Balaban J connectivity index is 2.88. The van der Waals surface area contributed by atoms with Gasteiger partial charge < -0.3 is 4.98 Å². The van der Waals surface area contributed by atoms with Gasteiger partial charge in [-0.3, -0.25) is 0 Å². The third kappa shape index (κ3) is 1.36. The van der Waals surface area contributed by atoms with Crippen molar-refractivity contribution >= 4 is 38.6 Å². The highest BCUT2D eigenvalue weighted by Gasteiger charge is 2.10. The van der Waals surface area contributed by atoms with Crippen molar-refractivity contribution in [2.24, 2.45) is 0 Å². The van der Waals surface area contributed by atoms with Gasteiger partial charge in [0.25, 0.3) is 0 Å². The average Bonchev–Trinajstić information content (AvgIpc) is 2.42. The van der Waals surface area contributed by atoms with E-state index in [1.165, 1.54) is 5.56 Å². The van der Waals surface area contributed by atoms with Crippen LogP contribution in [0.1, 0.15) is 12.5 Å². The highest BCUT2D eigenvalue weighted by Crippen LogP contribution is 2.30. The van der Waals surface area contributed by atoms with E-state index in [9.17, 15) is 0 Å². The van der Waals surface area contributed by atoms with E-state index in [0.29, 0.717) is 0 Å². The maximum atomic E-state index is 6.07. The number of rotatable bonds is 1. The van der Waals surface area contributed by atoms with Crippen LogP contribution in [0.5, 0.6) is 0 Å². The third-order valence-electron chi connectivity index (χ3n) is 2.05. The molecule has 0 fully saturated rings. The largest absolute Gasteiger partial charge is 0.334 e. The van der Waals surface area contributed by atoms with Crippen LogP contribution in [0.3, 0.4) is 0 Å². The number of aromatic amines is 1. The molecule has 0 saturated heterocycles. The van der Waals surface area contributed by atoms with Crippen LogP contribution in [0, 0.1) is 0 Å². The molecule has 2 aromatic rings. The number of pyridine rings is 1. The Morgan fingerprint density at radius 3 is 3.08 bits per heavy atom. The molecule has 2 nitrogen and oxygen atoms in total. The van der Waals surface area contributed by atoms with E-state index < -0.39 is 0 Å². The first kappa shape index (κ1) is 9.03. The van der Waals surface area contributed by atoms with Crippen molar-refractivity contribution in [3.05, 3.63) is 27.5 Å². The Hall–Kier alpha value is -0.540. The van der Waals surface area contributed by atoms with Gasteiger partial charge in [-0.05, 0) is 34.0 Å². The molecular weight excluding hydrogens is 251 g/mol. The van der Waals surface area contributed by atoms with Gasteiger partial charge in [0.2, 0.25) is 0 Å². The number of H-pyrrole nitrogens is 1. The monoisotopic (exact) mass is 258 g/mol. The summed E-state index contributed by atoms with van der Waals surface area (Å²) in [5.41, 5.74) is 2.03. The molecule has 0 aliphatic carbocycles. The molecule has 2 aromatic heterocycles. The van der Waals surface area contributed by atoms with Crippen molar-refractivity contribution in [3.8, 4) is 0 Å². The van der Waals surface area contributed by atoms with Gasteiger partial charge in [0.1, 0.15) is 5.65 Å². The average molecular weight is 260 g/mol. The Labute approximate surface area is 89.4 Å². The van der Waals surface area contributed by atoms with Gasteiger partial charge in [-0.1, -0.05) is 18.5 Å². The lowest BCUT2D eigenvalue weighted by molar-refractivity contribution is 1.14. The molecule has 4 heteroatoms. The van der Waals surface area contributed by atoms with E-state index in [1.54, 1.807) is 6.20 Å². The summed E-state index contributed by atoms with van der Waals surface area (Å²) in [5, 5.41) is 1.78. The number of aromatic nitrogens is 2. The third-order valence-corrected chi connectivity index (χ3v) is 3.04. The van der Waals surface area contributed by atoms with Crippen LogP contribution in [-0.4, -0.2) is 9.97 Å². The fraction of sp³-hybridized carbons (Fsp3) is 0.222. The minimum absolute atomic E-state index is 0.754. The zero-order chi connectivity index (χ0) is 9.42. The molecule has 0 radical (unpaired) electrons. The quantitative estimate of drug-likeness (QED) is 0.834. The lowest BCUT2D eigenvalue weighted by Crippen LogP contribution is -1.79. The van der Waals surface area contributed by atoms with Gasteiger partial charge in [0.05, 0.1) is 9.63 Å². The maximum Gasteiger partial charge on any atom is 0.139 e. The molecule has 0 aliphatic heterocycles. The maximum absolute atomic E-state index is 6.07. The number of hydrogen-bond acceptors (Lipinski definition) is 1. The normalized spacial score (nSPS) is 11.0. The second kappa shape index (κ2) is 3.31. The van der Waals surface area contributed by atoms with Gasteiger partial charge in [-0.15, -0.1) is 0 Å². The molecule has 13 heavy (non-hydrogen) atoms. The molecule has 0 unspecified atom stereocenters. The van der Waals surface area contributed by atoms with Crippen LogP contribution in [0.2, 0.25) is 5.02 Å². The van der Waals surface area contributed by atoms with Crippen molar-refractivity contribution < 1.29 is 0 Å². The molecule has 0 aliphatic rings. The van der Waals surface area contributed by atoms with E-state index >= 15 is 0 Å². The van der Waals surface area contributed by atoms with Crippen molar-refractivity contribution in [2.75, 3.05) is 0 Å². The highest BCUT2D eigenvalue weighted by atomic mass is 79.9. The van der Waals surface area contributed by atoms with Crippen LogP contribution in [-0.2, 0) is 6.42 Å². The SMILES string of the molecule is CCc1c(Br)[nH]c2nccc(Cl)c12. The zero-order valence-electron chi connectivity index (χ0n) is 7.06. The Morgan fingerprint density at radius 1 is 1.62 bits per heavy atom. The van der Waals surface area contributed by atoms with Crippen molar-refractivity contribution in [3.63, 3.8) is 0 Å². The minimum Gasteiger partial charge on any atom is -0.334 e. The molecule has 0 amide bonds. The summed E-state index contributed by atoms with van der Waals surface area (Å²) >= 11 is 9.52. The topological polar surface area (TPSA) is 28.7 Å². The lowest BCUT2D eigenvalue weighted by Gasteiger charge is -1.95. The molecule has 0 spiro atoms. The van der Waals surface area contributed by atoms with Gasteiger partial charge >= 0.3 is 0 Å². The van der Waals surface area contributed by atoms with Crippen molar-refractivity contribution in [1.29, 1.82) is 0 Å². The summed E-state index contributed by atoms with van der Waals surface area (Å²) in [7, 11) is 0. The molecule has 68 valence electrons. The fourth-order valence-electron chi connectivity index (χ4n) is 1.44. The first-order chi connectivity index (χ1) is 6.24. The van der Waals surface area contributed by atoms with Gasteiger partial charge in [-0.2, -0.15) is 0 Å². The second-order valence-corrected chi connectivity index (χ2v) is 3.99. The van der Waals surface area contributed by atoms with E-state index in [2.05, 4.69) is 32.8 Å². The summed E-state index contributed by atoms with van der Waals surface area (Å²) in [6.45, 7) is 2.09. The summed E-state index contributed by atoms with van der Waals surface area (Å²) in [6, 6.07) is 1.81. The molecule has 2 rings (SSSR count). The van der Waals surface area contributed by atoms with Gasteiger partial charge in [-0.25, -0.2) is 4.98 Å². The van der Waals surface area contributed by atoms with Gasteiger partial charge in [0.15, 0.2) is 0 Å². The van der Waals surface area contributed by atoms with Crippen molar-refractivity contribution in [2.45, 2.75) is 13.3 Å². The number of nitrogens with one attached hydrogen (secondary N) is 1. The summed E-state index contributed by atoms with van der Waals surface area (Å²) in [4.78, 5) is 7.34. The Morgan fingerprint density at radius 2 is 2.38 bits per heavy atom. The second-order valence-electron chi connectivity index (χ2n) is 2.79. The predicted molar refractivity (Wildman–Crippen MR) is 58.2 cm³/mol. The first-order valence-corrected chi connectivity index (χ1v) is 5.21. The predicted octanol–water partition coefficient (Wildman–Crippen LogP) is 3.54. The summed E-state index contributed by atoms with van der Waals surface area (Å²) in [6.07, 6.45) is 2.64. The molecule has 1 N–H and O–H groups in total. The van der Waals surface area contributed by atoms with Crippen LogP contribution in [0.4, 0.5) is 0 Å². The Kier molecular flexibility index (Phi) is 2.30. The zero-order valence-corrected chi connectivity index (χ0v) is 9.41. The number of fused-ring (bicyclic) bond motifs is 1. The number of nitrogens with zero attached hydrogens (tertiary/aromatic N) is 1. The number of hydrogen-bond donors (Lipinski definition) is 1. The first-order valence-electron chi connectivity index (χ1n) is 4.04. The Bertz CT molecular complexity index is 450. The van der Waals surface area contributed by atoms with Gasteiger partial charge in [0, 0.05) is 11.6 Å².